The van der Waals surface area contributed by atoms with Crippen LogP contribution in [0.2, 0.25) is 0 Å². The molecule has 1 rings (SSSR count). The Morgan fingerprint density at radius 1 is 1.05 bits per heavy atom. The molecular formula is C14H18O7. The van der Waals surface area contributed by atoms with Gasteiger partial charge < -0.3 is 9.47 Å². The Morgan fingerprint density at radius 2 is 1.67 bits per heavy atom. The minimum absolute atomic E-state index is 0.140. The molecule has 7 nitrogen and oxygen atoms in total. The molecule has 0 N–H and O–H groups in total. The lowest BCUT2D eigenvalue weighted by atomic mass is 9.99. The van der Waals surface area contributed by atoms with Crippen LogP contribution in [0.15, 0.2) is 24.3 Å². The molecule has 0 saturated heterocycles. The average molecular weight is 298 g/mol. The lowest BCUT2D eigenvalue weighted by Crippen LogP contribution is -2.19. The van der Waals surface area contributed by atoms with Gasteiger partial charge in [-0.3, -0.25) is 4.89 Å². The summed E-state index contributed by atoms with van der Waals surface area (Å²) >= 11 is 0. The molecule has 0 spiro atoms. The molecule has 1 aromatic rings. The highest BCUT2D eigenvalue weighted by atomic mass is 17.5. The summed E-state index contributed by atoms with van der Waals surface area (Å²) in [5.74, 6) is -0.226. The van der Waals surface area contributed by atoms with Crippen LogP contribution in [0.4, 0.5) is 4.79 Å². The van der Waals surface area contributed by atoms with Crippen LogP contribution in [0.5, 0.6) is 5.75 Å². The molecule has 0 aliphatic heterocycles. The van der Waals surface area contributed by atoms with Crippen LogP contribution >= 0.6 is 0 Å². The third-order valence-electron chi connectivity index (χ3n) is 2.16. The van der Waals surface area contributed by atoms with Crippen molar-refractivity contribution in [1.82, 2.24) is 0 Å². The minimum Gasteiger partial charge on any atom is -0.497 e. The topological polar surface area (TPSA) is 80.3 Å². The molecule has 0 aromatic heterocycles. The molecule has 1 aromatic carbocycles. The number of benzene rings is 1. The van der Waals surface area contributed by atoms with Gasteiger partial charge in [-0.15, -0.1) is 0 Å². The number of carbonyl (C=O) groups excluding carboxylic acids is 2. The zero-order chi connectivity index (χ0) is 15.9. The Kier molecular flexibility index (Phi) is 5.98. The second kappa shape index (κ2) is 7.49. The molecule has 0 radical (unpaired) electrons. The molecule has 0 aliphatic carbocycles. The number of carbonyl (C=O) groups is 2. The van der Waals surface area contributed by atoms with Crippen LogP contribution in [0.1, 0.15) is 31.1 Å². The first-order valence-corrected chi connectivity index (χ1v) is 6.18. The monoisotopic (exact) mass is 298 g/mol. The summed E-state index contributed by atoms with van der Waals surface area (Å²) in [4.78, 5) is 31.1. The molecule has 0 heterocycles. The lowest BCUT2D eigenvalue weighted by Gasteiger charge is -2.16. The van der Waals surface area contributed by atoms with Gasteiger partial charge in [0, 0.05) is 0 Å². The highest BCUT2D eigenvalue weighted by Gasteiger charge is 2.16. The first kappa shape index (κ1) is 16.8. The van der Waals surface area contributed by atoms with Crippen LogP contribution in [0.25, 0.3) is 0 Å². The SMILES string of the molecule is COc1ccc(C(=O)OOOC(=O)OCC(C)(C)C)cc1. The Labute approximate surface area is 122 Å². The Hall–Kier alpha value is -2.28. The molecule has 0 unspecified atom stereocenters. The maximum atomic E-state index is 11.5. The van der Waals surface area contributed by atoms with E-state index in [9.17, 15) is 9.59 Å². The molecule has 0 saturated carbocycles. The van der Waals surface area contributed by atoms with Crippen molar-refractivity contribution in [1.29, 1.82) is 0 Å². The highest BCUT2D eigenvalue weighted by molar-refractivity contribution is 5.89. The predicted molar refractivity (Wildman–Crippen MR) is 71.4 cm³/mol. The van der Waals surface area contributed by atoms with Crippen LogP contribution in [0, 0.1) is 5.41 Å². The maximum Gasteiger partial charge on any atom is 0.543 e. The fourth-order valence-electron chi connectivity index (χ4n) is 1.15. The number of ether oxygens (including phenoxy) is 2. The molecular weight excluding hydrogens is 280 g/mol. The fourth-order valence-corrected chi connectivity index (χ4v) is 1.15. The van der Waals surface area contributed by atoms with E-state index in [0.717, 1.165) is 0 Å². The molecule has 0 aliphatic rings. The van der Waals surface area contributed by atoms with Gasteiger partial charge in [-0.1, -0.05) is 20.8 Å². The Balaban J connectivity index is 2.31. The van der Waals surface area contributed by atoms with E-state index in [2.05, 4.69) is 14.8 Å². The lowest BCUT2D eigenvalue weighted by molar-refractivity contribution is -0.452. The third kappa shape index (κ3) is 6.62. The number of hydrogen-bond acceptors (Lipinski definition) is 7. The normalized spacial score (nSPS) is 10.7. The number of methoxy groups -OCH3 is 1. The van der Waals surface area contributed by atoms with Crippen molar-refractivity contribution in [2.24, 2.45) is 5.41 Å². The molecule has 21 heavy (non-hydrogen) atoms. The van der Waals surface area contributed by atoms with E-state index in [1.807, 2.05) is 20.8 Å². The largest absolute Gasteiger partial charge is 0.543 e. The van der Waals surface area contributed by atoms with Crippen molar-refractivity contribution in [2.75, 3.05) is 13.7 Å². The summed E-state index contributed by atoms with van der Waals surface area (Å²) in [6.45, 7) is 5.78. The molecule has 0 amide bonds. The summed E-state index contributed by atoms with van der Waals surface area (Å²) < 4.78 is 9.68. The molecule has 0 fully saturated rings. The van der Waals surface area contributed by atoms with Crippen molar-refractivity contribution in [3.8, 4) is 5.75 Å². The summed E-state index contributed by atoms with van der Waals surface area (Å²) in [7, 11) is 1.51. The van der Waals surface area contributed by atoms with Crippen molar-refractivity contribution < 1.29 is 33.9 Å². The highest BCUT2D eigenvalue weighted by Crippen LogP contribution is 2.14. The summed E-state index contributed by atoms with van der Waals surface area (Å²) in [6.07, 6.45) is -1.09. The first-order valence-electron chi connectivity index (χ1n) is 6.18. The molecule has 116 valence electrons. The quantitative estimate of drug-likeness (QED) is 0.469. The minimum atomic E-state index is -1.09. The second-order valence-electron chi connectivity index (χ2n) is 5.35. The molecule has 0 bridgehead atoms. The summed E-state index contributed by atoms with van der Waals surface area (Å²) in [6, 6.07) is 6.11. The van der Waals surface area contributed by atoms with Gasteiger partial charge >= 0.3 is 12.1 Å². The first-order chi connectivity index (χ1) is 9.81. The maximum absolute atomic E-state index is 11.5. The Bertz CT molecular complexity index is 473. The predicted octanol–water partition coefficient (Wildman–Crippen LogP) is 2.90. The number of rotatable bonds is 5. The van der Waals surface area contributed by atoms with Crippen LogP contribution in [-0.2, 0) is 19.6 Å². The van der Waals surface area contributed by atoms with E-state index in [-0.39, 0.29) is 17.6 Å². The van der Waals surface area contributed by atoms with Gasteiger partial charge in [-0.2, -0.15) is 0 Å². The van der Waals surface area contributed by atoms with Crippen molar-refractivity contribution >= 4 is 12.1 Å². The van der Waals surface area contributed by atoms with Gasteiger partial charge in [0.1, 0.15) is 5.75 Å². The van der Waals surface area contributed by atoms with E-state index in [0.29, 0.717) is 5.75 Å². The van der Waals surface area contributed by atoms with Gasteiger partial charge in [0.2, 0.25) is 0 Å². The van der Waals surface area contributed by atoms with E-state index in [1.54, 1.807) is 12.1 Å². The smallest absolute Gasteiger partial charge is 0.497 e. The van der Waals surface area contributed by atoms with Crippen molar-refractivity contribution in [3.63, 3.8) is 0 Å². The van der Waals surface area contributed by atoms with Gasteiger partial charge in [0.25, 0.3) is 0 Å². The third-order valence-corrected chi connectivity index (χ3v) is 2.16. The van der Waals surface area contributed by atoms with Crippen molar-refractivity contribution in [2.45, 2.75) is 20.8 Å². The zero-order valence-electron chi connectivity index (χ0n) is 12.4. The van der Waals surface area contributed by atoms with Gasteiger partial charge in [-0.25, -0.2) is 14.5 Å². The second-order valence-corrected chi connectivity index (χ2v) is 5.35. The van der Waals surface area contributed by atoms with Crippen LogP contribution in [0.3, 0.4) is 0 Å². The van der Waals surface area contributed by atoms with Crippen molar-refractivity contribution in [3.05, 3.63) is 29.8 Å². The van der Waals surface area contributed by atoms with Gasteiger partial charge in [0.15, 0.2) is 0 Å². The van der Waals surface area contributed by atoms with E-state index < -0.39 is 12.1 Å². The summed E-state index contributed by atoms with van der Waals surface area (Å²) in [5.41, 5.74) is 0.00108. The van der Waals surface area contributed by atoms with Gasteiger partial charge in [-0.05, 0) is 29.7 Å². The van der Waals surface area contributed by atoms with Crippen LogP contribution in [-0.4, -0.2) is 25.8 Å². The number of hydrogen-bond donors (Lipinski definition) is 0. The molecule has 0 atom stereocenters. The Morgan fingerprint density at radius 3 is 2.19 bits per heavy atom. The van der Waals surface area contributed by atoms with E-state index >= 15 is 0 Å². The van der Waals surface area contributed by atoms with Gasteiger partial charge in [0.05, 0.1) is 24.3 Å². The summed E-state index contributed by atoms with van der Waals surface area (Å²) in [5, 5.41) is 4.08. The molecule has 7 heteroatoms. The average Bonchev–Trinajstić information content (AvgIpc) is 2.44. The van der Waals surface area contributed by atoms with E-state index in [1.165, 1.54) is 19.2 Å². The van der Waals surface area contributed by atoms with Crippen LogP contribution < -0.4 is 4.74 Å². The fraction of sp³-hybridized carbons (Fsp3) is 0.429. The standard InChI is InChI=1S/C14H18O7/c1-14(2,3)9-18-13(16)20-21-19-12(15)10-5-7-11(17-4)8-6-10/h5-8H,9H2,1-4H3. The zero-order valence-corrected chi connectivity index (χ0v) is 12.4. The van der Waals surface area contributed by atoms with E-state index in [4.69, 9.17) is 9.47 Å².